The Morgan fingerprint density at radius 2 is 1.90 bits per heavy atom. The molecule has 1 N–H and O–H groups in total. The molecule has 0 saturated heterocycles. The number of anilines is 1. The second-order valence-corrected chi connectivity index (χ2v) is 11.5. The summed E-state index contributed by atoms with van der Waals surface area (Å²) in [5.74, 6) is 2.06. The number of aromatic nitrogens is 3. The summed E-state index contributed by atoms with van der Waals surface area (Å²) in [5.41, 5.74) is 2.95. The van der Waals surface area contributed by atoms with Crippen molar-refractivity contribution in [3.63, 3.8) is 0 Å². The molecule has 0 aliphatic carbocycles. The second kappa shape index (κ2) is 14.6. The van der Waals surface area contributed by atoms with Gasteiger partial charge >= 0.3 is 5.97 Å². The number of nitrogens with one attached hydrogen (secondary N) is 1. The van der Waals surface area contributed by atoms with E-state index in [1.807, 2.05) is 70.2 Å². The first-order valence-corrected chi connectivity index (χ1v) is 15.6. The molecule has 41 heavy (non-hydrogen) atoms. The number of benzene rings is 2. The molecule has 0 bridgehead atoms. The van der Waals surface area contributed by atoms with Gasteiger partial charge < -0.3 is 19.5 Å². The van der Waals surface area contributed by atoms with Crippen molar-refractivity contribution < 1.29 is 19.0 Å². The quantitative estimate of drug-likeness (QED) is 0.114. The van der Waals surface area contributed by atoms with Crippen LogP contribution < -0.4 is 14.8 Å². The first kappa shape index (κ1) is 30.8. The van der Waals surface area contributed by atoms with Crippen LogP contribution in [0.4, 0.5) is 5.95 Å². The molecule has 0 spiro atoms. The Morgan fingerprint density at radius 3 is 2.63 bits per heavy atom. The number of thioether (sulfide) groups is 1. The molecule has 1 aromatic heterocycles. The topological polar surface area (TPSA) is 87.5 Å². The van der Waals surface area contributed by atoms with Gasteiger partial charge in [0.1, 0.15) is 6.04 Å². The highest BCUT2D eigenvalue weighted by Gasteiger charge is 2.36. The molecule has 4 rings (SSSR count). The predicted molar refractivity (Wildman–Crippen MR) is 164 cm³/mol. The fourth-order valence-corrected chi connectivity index (χ4v) is 5.71. The number of esters is 1. The lowest BCUT2D eigenvalue weighted by atomic mass is 9.95. The number of unbranched alkanes of at least 4 members (excludes halogenated alkanes) is 3. The monoisotopic (exact) mass is 598 g/mol. The summed E-state index contributed by atoms with van der Waals surface area (Å²) in [7, 11) is 0. The van der Waals surface area contributed by atoms with Gasteiger partial charge in [0.15, 0.2) is 11.5 Å². The molecule has 0 saturated carbocycles. The number of carbonyl (C=O) groups is 1. The van der Waals surface area contributed by atoms with Gasteiger partial charge in [-0.25, -0.2) is 9.48 Å². The number of fused-ring (bicyclic) bond motifs is 1. The molecular weight excluding hydrogens is 560 g/mol. The van der Waals surface area contributed by atoms with Crippen LogP contribution in [-0.2, 0) is 15.3 Å². The van der Waals surface area contributed by atoms with E-state index in [0.29, 0.717) is 57.9 Å². The number of rotatable bonds is 14. The van der Waals surface area contributed by atoms with Gasteiger partial charge in [-0.1, -0.05) is 73.8 Å². The standard InChI is InChI=1S/C31H39ClN4O4S/c1-6-8-9-12-17-39-25-16-15-22(18-26(25)38-7-2)28-27(29(37)40-20(3)4)21(5)33-30-34-31(35-36(28)30)41-19-23-13-10-11-14-24(23)32/h10-11,13-16,18,20,28H,6-9,12,17,19H2,1-5H3,(H,33,34,35). The lowest BCUT2D eigenvalue weighted by molar-refractivity contribution is -0.143. The maximum absolute atomic E-state index is 13.4. The Morgan fingerprint density at radius 1 is 1.10 bits per heavy atom. The van der Waals surface area contributed by atoms with Gasteiger partial charge in [0, 0.05) is 16.5 Å². The van der Waals surface area contributed by atoms with Crippen LogP contribution in [0.25, 0.3) is 0 Å². The third-order valence-electron chi connectivity index (χ3n) is 6.55. The first-order chi connectivity index (χ1) is 19.8. The van der Waals surface area contributed by atoms with E-state index in [2.05, 4.69) is 12.2 Å². The lowest BCUT2D eigenvalue weighted by Crippen LogP contribution is -2.30. The third-order valence-corrected chi connectivity index (χ3v) is 7.80. The van der Waals surface area contributed by atoms with Gasteiger partial charge in [-0.2, -0.15) is 4.98 Å². The van der Waals surface area contributed by atoms with Crippen LogP contribution in [0, 0.1) is 0 Å². The number of halogens is 1. The second-order valence-electron chi connectivity index (χ2n) is 10.1. The number of hydrogen-bond donors (Lipinski definition) is 1. The molecule has 3 aromatic rings. The molecule has 10 heteroatoms. The van der Waals surface area contributed by atoms with Gasteiger partial charge in [0.05, 0.1) is 24.9 Å². The first-order valence-electron chi connectivity index (χ1n) is 14.2. The van der Waals surface area contributed by atoms with Gasteiger partial charge in [-0.15, -0.1) is 5.10 Å². The molecule has 1 unspecified atom stereocenters. The maximum Gasteiger partial charge on any atom is 0.338 e. The summed E-state index contributed by atoms with van der Waals surface area (Å²) in [6, 6.07) is 12.9. The molecule has 1 aliphatic heterocycles. The lowest BCUT2D eigenvalue weighted by Gasteiger charge is -2.29. The fraction of sp³-hybridized carbons (Fsp3) is 0.452. The van der Waals surface area contributed by atoms with E-state index in [0.717, 1.165) is 24.0 Å². The van der Waals surface area contributed by atoms with E-state index in [1.54, 1.807) is 4.68 Å². The smallest absolute Gasteiger partial charge is 0.338 e. The van der Waals surface area contributed by atoms with E-state index in [4.69, 9.17) is 35.9 Å². The summed E-state index contributed by atoms with van der Waals surface area (Å²) in [6.45, 7) is 10.8. The minimum Gasteiger partial charge on any atom is -0.490 e. The minimum absolute atomic E-state index is 0.273. The fourth-order valence-electron chi connectivity index (χ4n) is 4.59. The summed E-state index contributed by atoms with van der Waals surface area (Å²) in [4.78, 5) is 18.2. The van der Waals surface area contributed by atoms with Crippen LogP contribution >= 0.6 is 23.4 Å². The van der Waals surface area contributed by atoms with Crippen molar-refractivity contribution >= 4 is 35.3 Å². The maximum atomic E-state index is 13.4. The Hall–Kier alpha value is -3.17. The highest BCUT2D eigenvalue weighted by Crippen LogP contribution is 2.40. The highest BCUT2D eigenvalue weighted by atomic mass is 35.5. The van der Waals surface area contributed by atoms with Crippen molar-refractivity contribution in [1.82, 2.24) is 14.8 Å². The molecule has 1 atom stereocenters. The van der Waals surface area contributed by atoms with Gasteiger partial charge in [-0.3, -0.25) is 0 Å². The zero-order valence-electron chi connectivity index (χ0n) is 24.4. The van der Waals surface area contributed by atoms with Gasteiger partial charge in [0.2, 0.25) is 11.1 Å². The highest BCUT2D eigenvalue weighted by molar-refractivity contribution is 7.98. The van der Waals surface area contributed by atoms with Crippen LogP contribution in [0.3, 0.4) is 0 Å². The molecule has 8 nitrogen and oxygen atoms in total. The number of carbonyl (C=O) groups excluding carboxylic acids is 1. The van der Waals surface area contributed by atoms with Crippen LogP contribution in [0.1, 0.15) is 77.5 Å². The molecule has 0 radical (unpaired) electrons. The van der Waals surface area contributed by atoms with Crippen molar-refractivity contribution in [2.45, 2.75) is 83.4 Å². The molecular formula is C31H39ClN4O4S. The molecule has 2 heterocycles. The number of hydrogen-bond acceptors (Lipinski definition) is 8. The van der Waals surface area contributed by atoms with Crippen LogP contribution in [0.5, 0.6) is 11.5 Å². The average Bonchev–Trinajstić information content (AvgIpc) is 3.34. The largest absolute Gasteiger partial charge is 0.490 e. The zero-order chi connectivity index (χ0) is 29.4. The number of nitrogens with zero attached hydrogens (tertiary/aromatic N) is 3. The summed E-state index contributed by atoms with van der Waals surface area (Å²) in [5, 5.41) is 9.36. The van der Waals surface area contributed by atoms with Gasteiger partial charge in [-0.05, 0) is 63.4 Å². The summed E-state index contributed by atoms with van der Waals surface area (Å²) < 4.78 is 19.5. The van der Waals surface area contributed by atoms with Crippen molar-refractivity contribution in [2.24, 2.45) is 0 Å². The van der Waals surface area contributed by atoms with Gasteiger partial charge in [0.25, 0.3) is 0 Å². The van der Waals surface area contributed by atoms with E-state index in [9.17, 15) is 4.79 Å². The minimum atomic E-state index is -0.572. The average molecular weight is 599 g/mol. The molecule has 1 aliphatic rings. The molecule has 0 amide bonds. The number of allylic oxidation sites excluding steroid dienone is 1. The molecule has 0 fully saturated rings. The van der Waals surface area contributed by atoms with E-state index < -0.39 is 12.0 Å². The van der Waals surface area contributed by atoms with Crippen LogP contribution in [0.15, 0.2) is 58.9 Å². The number of ether oxygens (including phenoxy) is 3. The van der Waals surface area contributed by atoms with Crippen LogP contribution in [0.2, 0.25) is 5.02 Å². The van der Waals surface area contributed by atoms with Crippen molar-refractivity contribution in [2.75, 3.05) is 18.5 Å². The Kier molecular flexibility index (Phi) is 11.0. The van der Waals surface area contributed by atoms with E-state index >= 15 is 0 Å². The normalized spacial score (nSPS) is 14.6. The molecule has 2 aromatic carbocycles. The van der Waals surface area contributed by atoms with E-state index in [-0.39, 0.29) is 6.10 Å². The van der Waals surface area contributed by atoms with Crippen molar-refractivity contribution in [1.29, 1.82) is 0 Å². The van der Waals surface area contributed by atoms with Crippen molar-refractivity contribution in [3.05, 3.63) is 69.9 Å². The SMILES string of the molecule is CCCCCCOc1ccc(C2C(C(=O)OC(C)C)=C(C)Nc3nc(SCc4ccccc4Cl)nn32)cc1OCC. The van der Waals surface area contributed by atoms with E-state index in [1.165, 1.54) is 24.6 Å². The van der Waals surface area contributed by atoms with Crippen molar-refractivity contribution in [3.8, 4) is 11.5 Å². The summed E-state index contributed by atoms with van der Waals surface area (Å²) >= 11 is 7.85. The van der Waals surface area contributed by atoms with Crippen LogP contribution in [-0.4, -0.2) is 40.1 Å². The summed E-state index contributed by atoms with van der Waals surface area (Å²) in [6.07, 6.45) is 4.21. The zero-order valence-corrected chi connectivity index (χ0v) is 26.0. The Balaban J connectivity index is 1.68. The Bertz CT molecular complexity index is 1370. The molecule has 220 valence electrons. The predicted octanol–water partition coefficient (Wildman–Crippen LogP) is 7.82. The Labute approximate surface area is 251 Å². The third kappa shape index (κ3) is 7.77.